The smallest absolute Gasteiger partial charge is 0.294 e. The minimum atomic E-state index is -4.27. The molecule has 6 heteroatoms. The summed E-state index contributed by atoms with van der Waals surface area (Å²) in [5.41, 5.74) is 3.58. The minimum absolute atomic E-state index is 0.208. The number of hydrogen-bond donors (Lipinski definition) is 2. The molecule has 0 heterocycles. The second-order valence-electron chi connectivity index (χ2n) is 5.85. The van der Waals surface area contributed by atoms with Crippen molar-refractivity contribution in [3.63, 3.8) is 0 Å². The molecule has 0 aliphatic heterocycles. The number of amides is 1. The van der Waals surface area contributed by atoms with Gasteiger partial charge in [-0.3, -0.25) is 9.35 Å². The van der Waals surface area contributed by atoms with E-state index in [-0.39, 0.29) is 10.8 Å². The second kappa shape index (κ2) is 7.11. The first-order valence-corrected chi connectivity index (χ1v) is 9.33. The van der Waals surface area contributed by atoms with Gasteiger partial charge in [0.2, 0.25) is 0 Å². The fourth-order valence-corrected chi connectivity index (χ4v) is 3.14. The SMILES string of the molecule is Cc1cc(S(=O)(=O)O)ccc1NC(=O)c1ccc(-c2ccccc2)cc1. The van der Waals surface area contributed by atoms with Crippen molar-refractivity contribution in [1.82, 2.24) is 0 Å². The van der Waals surface area contributed by atoms with Gasteiger partial charge in [-0.15, -0.1) is 0 Å². The molecule has 0 aliphatic carbocycles. The molecule has 0 spiro atoms. The lowest BCUT2D eigenvalue weighted by Gasteiger charge is -2.10. The molecular weight excluding hydrogens is 350 g/mol. The molecule has 3 aromatic rings. The molecule has 3 aromatic carbocycles. The highest BCUT2D eigenvalue weighted by atomic mass is 32.2. The van der Waals surface area contributed by atoms with Crippen molar-refractivity contribution in [2.45, 2.75) is 11.8 Å². The average molecular weight is 367 g/mol. The van der Waals surface area contributed by atoms with Gasteiger partial charge >= 0.3 is 0 Å². The van der Waals surface area contributed by atoms with Crippen LogP contribution in [0.3, 0.4) is 0 Å². The first-order chi connectivity index (χ1) is 12.3. The molecule has 0 unspecified atom stereocenters. The summed E-state index contributed by atoms with van der Waals surface area (Å²) in [6.07, 6.45) is 0. The third kappa shape index (κ3) is 3.99. The summed E-state index contributed by atoms with van der Waals surface area (Å²) in [5.74, 6) is -0.299. The Labute approximate surface area is 152 Å². The quantitative estimate of drug-likeness (QED) is 0.678. The molecule has 26 heavy (non-hydrogen) atoms. The molecular formula is C20H17NO4S. The topological polar surface area (TPSA) is 83.5 Å². The zero-order valence-electron chi connectivity index (χ0n) is 14.0. The Balaban J connectivity index is 1.78. The Morgan fingerprint density at radius 3 is 2.08 bits per heavy atom. The molecule has 0 saturated heterocycles. The van der Waals surface area contributed by atoms with Crippen LogP contribution in [0.15, 0.2) is 77.7 Å². The lowest BCUT2D eigenvalue weighted by molar-refractivity contribution is 0.102. The van der Waals surface area contributed by atoms with Crippen molar-refractivity contribution < 1.29 is 17.8 Å². The monoisotopic (exact) mass is 367 g/mol. The largest absolute Gasteiger partial charge is 0.322 e. The van der Waals surface area contributed by atoms with Crippen molar-refractivity contribution in [3.05, 3.63) is 83.9 Å². The lowest BCUT2D eigenvalue weighted by Crippen LogP contribution is -2.13. The predicted molar refractivity (Wildman–Crippen MR) is 101 cm³/mol. The van der Waals surface area contributed by atoms with E-state index in [0.29, 0.717) is 16.8 Å². The fraction of sp³-hybridized carbons (Fsp3) is 0.0500. The third-order valence-corrected chi connectivity index (χ3v) is 4.85. The molecule has 0 aromatic heterocycles. The van der Waals surface area contributed by atoms with Crippen LogP contribution in [-0.2, 0) is 10.1 Å². The zero-order chi connectivity index (χ0) is 18.7. The Hall–Kier alpha value is -2.96. The summed E-state index contributed by atoms with van der Waals surface area (Å²) >= 11 is 0. The first kappa shape index (κ1) is 17.8. The van der Waals surface area contributed by atoms with Gasteiger partial charge in [0, 0.05) is 11.3 Å². The molecule has 3 rings (SSSR count). The minimum Gasteiger partial charge on any atom is -0.322 e. The van der Waals surface area contributed by atoms with Gasteiger partial charge in [-0.1, -0.05) is 42.5 Å². The van der Waals surface area contributed by atoms with Gasteiger partial charge in [0.05, 0.1) is 4.90 Å². The number of aryl methyl sites for hydroxylation is 1. The summed E-state index contributed by atoms with van der Waals surface area (Å²) in [5, 5.41) is 2.75. The Bertz CT molecular complexity index is 1040. The van der Waals surface area contributed by atoms with E-state index >= 15 is 0 Å². The van der Waals surface area contributed by atoms with E-state index in [1.165, 1.54) is 18.2 Å². The third-order valence-electron chi connectivity index (χ3n) is 4.00. The fourth-order valence-electron chi connectivity index (χ4n) is 2.58. The van der Waals surface area contributed by atoms with E-state index in [1.54, 1.807) is 19.1 Å². The number of carbonyl (C=O) groups excluding carboxylic acids is 1. The number of nitrogens with one attached hydrogen (secondary N) is 1. The normalized spacial score (nSPS) is 11.2. The molecule has 0 radical (unpaired) electrons. The van der Waals surface area contributed by atoms with Gasteiger partial charge in [-0.2, -0.15) is 8.42 Å². The van der Waals surface area contributed by atoms with Crippen molar-refractivity contribution >= 4 is 21.7 Å². The number of hydrogen-bond acceptors (Lipinski definition) is 3. The van der Waals surface area contributed by atoms with Crippen molar-refractivity contribution in [3.8, 4) is 11.1 Å². The maximum atomic E-state index is 12.4. The van der Waals surface area contributed by atoms with Crippen LogP contribution < -0.4 is 5.32 Å². The maximum Gasteiger partial charge on any atom is 0.294 e. The van der Waals surface area contributed by atoms with E-state index in [2.05, 4.69) is 5.32 Å². The van der Waals surface area contributed by atoms with Gasteiger partial charge in [-0.25, -0.2) is 0 Å². The Morgan fingerprint density at radius 2 is 1.50 bits per heavy atom. The van der Waals surface area contributed by atoms with Crippen LogP contribution in [0.2, 0.25) is 0 Å². The highest BCUT2D eigenvalue weighted by molar-refractivity contribution is 7.85. The van der Waals surface area contributed by atoms with Crippen LogP contribution in [0.4, 0.5) is 5.69 Å². The van der Waals surface area contributed by atoms with Gasteiger partial charge < -0.3 is 5.32 Å². The molecule has 0 fully saturated rings. The van der Waals surface area contributed by atoms with Crippen molar-refractivity contribution in [2.24, 2.45) is 0 Å². The molecule has 0 bridgehead atoms. The average Bonchev–Trinajstić information content (AvgIpc) is 2.63. The van der Waals surface area contributed by atoms with E-state index in [1.807, 2.05) is 42.5 Å². The van der Waals surface area contributed by atoms with E-state index in [0.717, 1.165) is 11.1 Å². The standard InChI is InChI=1S/C20H17NO4S/c1-14-13-18(26(23,24)25)11-12-19(14)21-20(22)17-9-7-16(8-10-17)15-5-3-2-4-6-15/h2-13H,1H3,(H,21,22)(H,23,24,25). The van der Waals surface area contributed by atoms with Crippen LogP contribution in [0, 0.1) is 6.92 Å². The molecule has 0 atom stereocenters. The lowest BCUT2D eigenvalue weighted by atomic mass is 10.0. The van der Waals surface area contributed by atoms with E-state index in [9.17, 15) is 13.2 Å². The van der Waals surface area contributed by atoms with Crippen LogP contribution in [-0.4, -0.2) is 18.9 Å². The Morgan fingerprint density at radius 1 is 0.885 bits per heavy atom. The molecule has 1 amide bonds. The van der Waals surface area contributed by atoms with Crippen LogP contribution in [0.1, 0.15) is 15.9 Å². The zero-order valence-corrected chi connectivity index (χ0v) is 14.8. The number of benzene rings is 3. The number of rotatable bonds is 4. The van der Waals surface area contributed by atoms with Gasteiger partial charge in [0.1, 0.15) is 0 Å². The van der Waals surface area contributed by atoms with E-state index < -0.39 is 10.1 Å². The summed E-state index contributed by atoms with van der Waals surface area (Å²) in [7, 11) is -4.27. The van der Waals surface area contributed by atoms with Gasteiger partial charge in [0.25, 0.3) is 16.0 Å². The van der Waals surface area contributed by atoms with Crippen molar-refractivity contribution in [2.75, 3.05) is 5.32 Å². The molecule has 5 nitrogen and oxygen atoms in total. The molecule has 0 aliphatic rings. The highest BCUT2D eigenvalue weighted by Crippen LogP contribution is 2.22. The highest BCUT2D eigenvalue weighted by Gasteiger charge is 2.13. The van der Waals surface area contributed by atoms with Crippen LogP contribution in [0.25, 0.3) is 11.1 Å². The van der Waals surface area contributed by atoms with Gasteiger partial charge in [-0.05, 0) is 53.9 Å². The molecule has 2 N–H and O–H groups in total. The molecule has 0 saturated carbocycles. The first-order valence-electron chi connectivity index (χ1n) is 7.89. The van der Waals surface area contributed by atoms with Gasteiger partial charge in [0.15, 0.2) is 0 Å². The summed E-state index contributed by atoms with van der Waals surface area (Å²) in [4.78, 5) is 12.2. The van der Waals surface area contributed by atoms with Crippen LogP contribution >= 0.6 is 0 Å². The Kier molecular flexibility index (Phi) is 4.88. The molecule has 132 valence electrons. The van der Waals surface area contributed by atoms with Crippen LogP contribution in [0.5, 0.6) is 0 Å². The number of anilines is 1. The predicted octanol–water partition coefficient (Wildman–Crippen LogP) is 4.16. The van der Waals surface area contributed by atoms with Crippen molar-refractivity contribution in [1.29, 1.82) is 0 Å². The summed E-state index contributed by atoms with van der Waals surface area (Å²) in [6, 6.07) is 21.1. The van der Waals surface area contributed by atoms with E-state index in [4.69, 9.17) is 4.55 Å². The second-order valence-corrected chi connectivity index (χ2v) is 7.27. The number of carbonyl (C=O) groups is 1. The summed E-state index contributed by atoms with van der Waals surface area (Å²) < 4.78 is 31.4. The maximum absolute atomic E-state index is 12.4. The summed E-state index contributed by atoms with van der Waals surface area (Å²) in [6.45, 7) is 1.66.